The summed E-state index contributed by atoms with van der Waals surface area (Å²) in [6.07, 6.45) is -7.27. The van der Waals surface area contributed by atoms with Gasteiger partial charge < -0.3 is 139 Å². The van der Waals surface area contributed by atoms with Gasteiger partial charge in [0.25, 0.3) is 17.7 Å². The first-order valence-electron chi connectivity index (χ1n) is 31.4. The number of benzene rings is 3. The second kappa shape index (κ2) is 48.0. The smallest absolute Gasteiger partial charge is 0.550 e. The van der Waals surface area contributed by atoms with Crippen molar-refractivity contribution in [2.24, 2.45) is 20.9 Å². The third-order valence-electron chi connectivity index (χ3n) is 14.1. The number of aromatic hydroxyl groups is 3. The van der Waals surface area contributed by atoms with E-state index in [9.17, 15) is 107 Å². The fourth-order valence-corrected chi connectivity index (χ4v) is 9.29. The molecule has 3 aromatic rings. The quantitative estimate of drug-likeness (QED) is 0.0191. The molecule has 4 aliphatic rings. The van der Waals surface area contributed by atoms with Crippen molar-refractivity contribution in [3.8, 4) is 17.2 Å². The van der Waals surface area contributed by atoms with Gasteiger partial charge in [0, 0.05) is 96.4 Å². The van der Waals surface area contributed by atoms with E-state index in [1.807, 2.05) is 13.8 Å². The van der Waals surface area contributed by atoms with E-state index in [0.29, 0.717) is 66.9 Å². The number of cyclic esters (lactones) is 1. The van der Waals surface area contributed by atoms with Gasteiger partial charge in [0.1, 0.15) is 29.3 Å². The number of carbonyl (C=O) groups is 10. The Bertz CT molecular complexity index is 3480. The molecule has 0 saturated carbocycles. The van der Waals surface area contributed by atoms with Crippen LogP contribution in [0.2, 0.25) is 0 Å². The van der Waals surface area contributed by atoms with E-state index in [0.717, 1.165) is 0 Å². The number of halogens is 3. The zero-order chi connectivity index (χ0) is 76.7. The van der Waals surface area contributed by atoms with E-state index in [1.54, 1.807) is 0 Å². The fraction of sp³-hybridized carbons (Fsp3) is 0.444. The van der Waals surface area contributed by atoms with Crippen LogP contribution in [-0.4, -0.2) is 238 Å². The van der Waals surface area contributed by atoms with E-state index in [4.69, 9.17) is 14.6 Å². The molecule has 4 aliphatic heterocycles. The van der Waals surface area contributed by atoms with Gasteiger partial charge in [0.15, 0.2) is 17.9 Å². The van der Waals surface area contributed by atoms with Crippen LogP contribution in [-0.2, 0) is 38.3 Å². The van der Waals surface area contributed by atoms with Crippen LogP contribution in [0.1, 0.15) is 83.4 Å². The molecule has 6 amide bonds. The summed E-state index contributed by atoms with van der Waals surface area (Å²) in [7, 11) is 0. The van der Waals surface area contributed by atoms with Crippen LogP contribution < -0.4 is 168 Å². The average molecular weight is 1530 g/mol. The molecule has 9 unspecified atom stereocenters. The number of carboxylic acid groups (broad SMARTS) is 3. The minimum absolute atomic E-state index is 0. The minimum Gasteiger partial charge on any atom is -0.550 e. The number of anilines is 3. The molecule has 106 heavy (non-hydrogen) atoms. The number of nitrogens with one attached hydrogen (secondary N) is 12. The molecule has 564 valence electrons. The van der Waals surface area contributed by atoms with Gasteiger partial charge in [-0.1, -0.05) is 26.0 Å². The van der Waals surface area contributed by atoms with Gasteiger partial charge in [-0.2, -0.15) is 13.2 Å². The van der Waals surface area contributed by atoms with Crippen LogP contribution >= 0.6 is 0 Å². The average Bonchev–Trinajstić information content (AvgIpc) is 1.13. The van der Waals surface area contributed by atoms with Gasteiger partial charge in [-0.25, -0.2) is 0 Å². The summed E-state index contributed by atoms with van der Waals surface area (Å²) in [5.41, 5.74) is 1.37. The molecule has 0 bridgehead atoms. The first-order valence-corrected chi connectivity index (χ1v) is 31.4. The van der Waals surface area contributed by atoms with Gasteiger partial charge in [-0.05, 0) is 61.6 Å². The van der Waals surface area contributed by atoms with Gasteiger partial charge in [-0.3, -0.25) is 48.5 Å². The van der Waals surface area contributed by atoms with Crippen LogP contribution in [0, 0.1) is 5.92 Å². The van der Waals surface area contributed by atoms with Crippen molar-refractivity contribution in [3.05, 3.63) is 96.6 Å². The Hall–Kier alpha value is -8.36. The topological polar surface area (TPSA) is 592 Å². The maximum absolute atomic E-state index is 12.5. The number of β-amino-alcohol motifs (C(OH)–C–C–N with tert-alkyl or cyclic N) is 3. The minimum atomic E-state index is -5.19. The van der Waals surface area contributed by atoms with Crippen LogP contribution in [0.3, 0.4) is 0 Å². The zero-order valence-corrected chi connectivity index (χ0v) is 64.4. The summed E-state index contributed by atoms with van der Waals surface area (Å²) in [5.74, 6) is -9.13. The predicted molar refractivity (Wildman–Crippen MR) is 353 cm³/mol. The number of hydrogen-bond donors (Lipinski definition) is 20. The summed E-state index contributed by atoms with van der Waals surface area (Å²) in [5, 5.41) is 140. The number of aliphatic hydroxyl groups is 5. The Kier molecular flexibility index (Phi) is 43.4. The van der Waals surface area contributed by atoms with Gasteiger partial charge >= 0.3 is 101 Å². The number of aliphatic carboxylic acids is 3. The zero-order valence-electron chi connectivity index (χ0n) is 58.4. The van der Waals surface area contributed by atoms with E-state index < -0.39 is 134 Å². The Morgan fingerprint density at radius 2 is 0.896 bits per heavy atom. The van der Waals surface area contributed by atoms with Crippen LogP contribution in [0.25, 0.3) is 0 Å². The van der Waals surface area contributed by atoms with Crippen LogP contribution in [0.5, 0.6) is 17.2 Å². The Morgan fingerprint density at radius 1 is 0.575 bits per heavy atom. The maximum Gasteiger partial charge on any atom is 1.00 e. The monoisotopic (exact) mass is 1530 g/mol. The van der Waals surface area contributed by atoms with E-state index in [1.165, 1.54) is 66.7 Å². The molecule has 7 rings (SSSR count). The number of esters is 1. The van der Waals surface area contributed by atoms with Crippen molar-refractivity contribution in [2.45, 2.75) is 113 Å². The summed E-state index contributed by atoms with van der Waals surface area (Å²) < 4.78 is 36.8. The molecule has 43 heteroatoms. The number of nitrogens with zero attached hydrogens (tertiary/aromatic N) is 3. The van der Waals surface area contributed by atoms with E-state index in [-0.39, 0.29) is 180 Å². The van der Waals surface area contributed by atoms with E-state index in [2.05, 4.69) is 91.9 Å². The molecule has 0 spiro atoms. The number of amides is 6. The molecule has 4 heterocycles. The van der Waals surface area contributed by atoms with Crippen molar-refractivity contribution < 1.29 is 211 Å². The molecule has 3 aromatic carbocycles. The molecule has 20 N–H and O–H groups in total. The number of aliphatic hydroxyl groups excluding tert-OH is 5. The summed E-state index contributed by atoms with van der Waals surface area (Å²) in [4.78, 5) is 128. The van der Waals surface area contributed by atoms with Crippen LogP contribution in [0.4, 0.5) is 30.2 Å². The number of guanidine groups is 3. The van der Waals surface area contributed by atoms with Crippen molar-refractivity contribution in [1.82, 2.24) is 47.9 Å². The van der Waals surface area contributed by atoms with Crippen molar-refractivity contribution in [2.75, 3.05) is 74.9 Å². The van der Waals surface area contributed by atoms with Crippen molar-refractivity contribution >= 4 is 94.3 Å². The standard InChI is InChI=1S/C21H29N5O6.2C20H27N5O7.C2HF3O2.3Na/c1-11(2)3-17-16(7-19(30)32-17)26-18(29)10-22-20(31)12-4-13(6-14(27)5-12)25-21-23-8-15(28)9-24-21;2*1-2-3-16(28)15(7-18(30)31)25-17(29)10-21-19(32)11-4-12(6-13(26)5-11)24-20-22-8-14(27)9-23-20;3-2(4,5)1(6)7;;;/h4-6,11,15-17,27-28H,3,7-10H2,1-2H3,(H,22,31)(H,26,29)(H2,23,24,25);2*2,4-6,14-16,26-28H,1,3,7-10H2,(H,21,32)(H,25,29)(H,30,31)(H2,22,23,24);(H,6,7);;;/q;;;;3*+1/p-3. The number of ether oxygens (including phenoxy) is 1. The molecule has 0 aromatic heterocycles. The number of carbonyl (C=O) groups excluding carboxylic acids is 10. The molecule has 9 atom stereocenters. The third-order valence-corrected chi connectivity index (χ3v) is 14.1. The largest absolute Gasteiger partial charge is 1.00 e. The number of phenolic OH excluding ortho intramolecular Hbond substituents is 3. The number of aliphatic imine (C=N–C) groups is 3. The number of carboxylic acids is 3. The molecular weight excluding hydrogens is 1440 g/mol. The fourth-order valence-electron chi connectivity index (χ4n) is 9.29. The molecule has 0 aliphatic carbocycles. The first kappa shape index (κ1) is 95.7. The first-order chi connectivity index (χ1) is 48.5. The molecule has 37 nitrogen and oxygen atoms in total. The second-order valence-corrected chi connectivity index (χ2v) is 23.4. The SMILES string of the molecule is C=CCC(O)C(CC(=O)[O-])NC(=O)CNC(=O)c1cc(O)cc(NC2=NCC(O)CN2)c1.C=CCC(O)C(CC(=O)[O-])NC(=O)CNC(=O)c1cc(O)cc(NC2=NCC(O)CN2)c1.CC(C)CC1OC(=O)CC1NC(=O)CNC(=O)c1cc(O)cc(NC2=NCC(O)CN2)c1.O=C([O-])C(F)(F)F.[Na+].[Na+].[Na+]. The molecule has 0 radical (unpaired) electrons. The number of hydrogen-bond acceptors (Lipinski definition) is 31. The van der Waals surface area contributed by atoms with Gasteiger partial charge in [0.2, 0.25) is 17.7 Å². The molecule has 1 fully saturated rings. The van der Waals surface area contributed by atoms with E-state index >= 15 is 0 Å². The Morgan fingerprint density at radius 3 is 1.17 bits per heavy atom. The molecule has 1 saturated heterocycles. The van der Waals surface area contributed by atoms with Gasteiger partial charge in [0.05, 0.1) is 94.3 Å². The third kappa shape index (κ3) is 36.8. The number of phenols is 3. The van der Waals surface area contributed by atoms with Crippen molar-refractivity contribution in [3.63, 3.8) is 0 Å². The summed E-state index contributed by atoms with van der Waals surface area (Å²) in [6, 6.07) is 9.54. The van der Waals surface area contributed by atoms with Gasteiger partial charge in [-0.15, -0.1) is 13.2 Å². The Labute approximate surface area is 670 Å². The second-order valence-electron chi connectivity index (χ2n) is 23.4. The summed E-state index contributed by atoms with van der Waals surface area (Å²) in [6.45, 7) is 11.2. The number of rotatable bonds is 27. The maximum atomic E-state index is 12.5. The molecular formula is C63H81F3N15Na3O22. The van der Waals surface area contributed by atoms with Crippen molar-refractivity contribution in [1.29, 1.82) is 0 Å². The van der Waals surface area contributed by atoms with Crippen LogP contribution in [0.15, 0.2) is 94.9 Å². The summed E-state index contributed by atoms with van der Waals surface area (Å²) >= 11 is 0. The Balaban J connectivity index is 0.000000748. The predicted octanol–water partition coefficient (Wildman–Crippen LogP) is -15.2. The number of alkyl halides is 3. The normalized spacial score (nSPS) is 17.9.